The van der Waals surface area contributed by atoms with Gasteiger partial charge in [0.2, 0.25) is 15.9 Å². The number of benzene rings is 2. The van der Waals surface area contributed by atoms with Gasteiger partial charge in [-0.2, -0.15) is 0 Å². The van der Waals surface area contributed by atoms with E-state index in [9.17, 15) is 28.1 Å². The van der Waals surface area contributed by atoms with Crippen molar-refractivity contribution in [1.29, 1.82) is 0 Å². The molecule has 2 aromatic carbocycles. The maximum Gasteiger partial charge on any atom is 0.307 e. The minimum absolute atomic E-state index is 0.0519. The first-order chi connectivity index (χ1) is 14.4. The molecule has 1 unspecified atom stereocenters. The molecule has 0 saturated carbocycles. The molecule has 0 spiro atoms. The van der Waals surface area contributed by atoms with Crippen molar-refractivity contribution in [3.05, 3.63) is 61.7 Å². The van der Waals surface area contributed by atoms with E-state index < -0.39 is 26.9 Å². The van der Waals surface area contributed by atoms with Crippen LogP contribution in [0, 0.1) is 17.0 Å². The van der Waals surface area contributed by atoms with E-state index in [1.54, 1.807) is 32.2 Å². The normalized spacial score (nSPS) is 12.5. The Hall–Kier alpha value is -3.25. The minimum Gasteiger partial charge on any atom is -0.324 e. The number of nitro groups is 1. The Morgan fingerprint density at radius 1 is 1.26 bits per heavy atom. The molecule has 0 saturated heterocycles. The van der Waals surface area contributed by atoms with Crippen molar-refractivity contribution in [2.75, 3.05) is 15.9 Å². The van der Waals surface area contributed by atoms with Gasteiger partial charge >= 0.3 is 4.87 Å². The highest BCUT2D eigenvalue weighted by Gasteiger charge is 2.31. The predicted octanol–water partition coefficient (Wildman–Crippen LogP) is 2.61. The second-order valence-electron chi connectivity index (χ2n) is 7.06. The summed E-state index contributed by atoms with van der Waals surface area (Å²) in [5, 5.41) is 13.8. The summed E-state index contributed by atoms with van der Waals surface area (Å²) in [6, 6.07) is 7.57. The zero-order chi connectivity index (χ0) is 23.1. The molecule has 1 N–H and O–H groups in total. The molecule has 10 nitrogen and oxygen atoms in total. The van der Waals surface area contributed by atoms with Gasteiger partial charge in [-0.3, -0.25) is 24.0 Å². The molecule has 0 radical (unpaired) electrons. The van der Waals surface area contributed by atoms with Crippen LogP contribution in [0.1, 0.15) is 12.5 Å². The zero-order valence-corrected chi connectivity index (χ0v) is 18.8. The molecule has 0 fully saturated rings. The number of carbonyl (C=O) groups is 1. The SMILES string of the molecule is Cc1ccc([N+](=O)[O-])cc1N(C(C)C(=O)Nc1ccc2c(c1)sc(=O)n2C)S(C)(=O)=O. The average molecular weight is 465 g/mol. The summed E-state index contributed by atoms with van der Waals surface area (Å²) in [5.74, 6) is -0.626. The Morgan fingerprint density at radius 2 is 1.94 bits per heavy atom. The first-order valence-electron chi connectivity index (χ1n) is 9.05. The number of amides is 1. The first-order valence-corrected chi connectivity index (χ1v) is 11.7. The fourth-order valence-electron chi connectivity index (χ4n) is 3.19. The van der Waals surface area contributed by atoms with Crippen LogP contribution in [0.5, 0.6) is 0 Å². The lowest BCUT2D eigenvalue weighted by Crippen LogP contribution is -2.45. The molecule has 0 bridgehead atoms. The van der Waals surface area contributed by atoms with Crippen molar-refractivity contribution < 1.29 is 18.1 Å². The number of hydrogen-bond donors (Lipinski definition) is 1. The highest BCUT2D eigenvalue weighted by Crippen LogP contribution is 2.30. The Morgan fingerprint density at radius 3 is 2.55 bits per heavy atom. The molecule has 1 heterocycles. The van der Waals surface area contributed by atoms with Gasteiger partial charge in [-0.1, -0.05) is 17.4 Å². The van der Waals surface area contributed by atoms with Crippen molar-refractivity contribution in [2.45, 2.75) is 19.9 Å². The van der Waals surface area contributed by atoms with E-state index in [2.05, 4.69) is 5.32 Å². The fourth-order valence-corrected chi connectivity index (χ4v) is 5.33. The number of sulfonamides is 1. The molecular formula is C19H20N4O6S2. The Kier molecular flexibility index (Phi) is 5.87. The van der Waals surface area contributed by atoms with Gasteiger partial charge in [-0.15, -0.1) is 0 Å². The number of hydrogen-bond acceptors (Lipinski definition) is 7. The lowest BCUT2D eigenvalue weighted by molar-refractivity contribution is -0.384. The van der Waals surface area contributed by atoms with Crippen molar-refractivity contribution in [3.63, 3.8) is 0 Å². The molecule has 3 aromatic rings. The first kappa shape index (κ1) is 22.4. The Balaban J connectivity index is 1.96. The number of aromatic nitrogens is 1. The quantitative estimate of drug-likeness (QED) is 0.441. The number of thiazole rings is 1. The largest absolute Gasteiger partial charge is 0.324 e. The topological polar surface area (TPSA) is 132 Å². The van der Waals surface area contributed by atoms with Crippen molar-refractivity contribution in [2.24, 2.45) is 7.05 Å². The number of nitrogens with one attached hydrogen (secondary N) is 1. The molecule has 0 aliphatic heterocycles. The third-order valence-corrected chi connectivity index (χ3v) is 7.01. The van der Waals surface area contributed by atoms with Crippen LogP contribution in [-0.2, 0) is 21.9 Å². The lowest BCUT2D eigenvalue weighted by Gasteiger charge is -2.29. The number of anilines is 2. The number of carbonyl (C=O) groups excluding carboxylic acids is 1. The van der Waals surface area contributed by atoms with E-state index in [1.165, 1.54) is 23.6 Å². The van der Waals surface area contributed by atoms with Gasteiger partial charge in [0.15, 0.2) is 0 Å². The summed E-state index contributed by atoms with van der Waals surface area (Å²) in [7, 11) is -2.30. The molecule has 164 valence electrons. The van der Waals surface area contributed by atoms with Gasteiger partial charge < -0.3 is 9.88 Å². The smallest absolute Gasteiger partial charge is 0.307 e. The van der Waals surface area contributed by atoms with Crippen LogP contribution in [0.15, 0.2) is 41.2 Å². The highest BCUT2D eigenvalue weighted by molar-refractivity contribution is 7.92. The van der Waals surface area contributed by atoms with E-state index in [0.717, 1.165) is 28.0 Å². The number of rotatable bonds is 6. The van der Waals surface area contributed by atoms with Crippen LogP contribution < -0.4 is 14.5 Å². The van der Waals surface area contributed by atoms with Crippen LogP contribution in [0.4, 0.5) is 17.1 Å². The van der Waals surface area contributed by atoms with Crippen molar-refractivity contribution in [1.82, 2.24) is 4.57 Å². The molecular weight excluding hydrogens is 444 g/mol. The molecule has 31 heavy (non-hydrogen) atoms. The maximum absolute atomic E-state index is 12.9. The van der Waals surface area contributed by atoms with Crippen LogP contribution in [0.25, 0.3) is 10.2 Å². The number of aryl methyl sites for hydroxylation is 2. The predicted molar refractivity (Wildman–Crippen MR) is 120 cm³/mol. The third kappa shape index (κ3) is 4.44. The summed E-state index contributed by atoms with van der Waals surface area (Å²) < 4.78 is 28.1. The van der Waals surface area contributed by atoms with Crippen LogP contribution in [0.3, 0.4) is 0 Å². The van der Waals surface area contributed by atoms with E-state index >= 15 is 0 Å². The highest BCUT2D eigenvalue weighted by atomic mass is 32.2. The number of non-ortho nitro benzene ring substituents is 1. The van der Waals surface area contributed by atoms with E-state index in [-0.39, 0.29) is 16.2 Å². The second kappa shape index (κ2) is 8.12. The van der Waals surface area contributed by atoms with Gasteiger partial charge in [-0.05, 0) is 37.6 Å². The number of nitro benzene ring substituents is 1. The molecule has 1 aromatic heterocycles. The maximum atomic E-state index is 12.9. The van der Waals surface area contributed by atoms with Crippen LogP contribution >= 0.6 is 11.3 Å². The van der Waals surface area contributed by atoms with Gasteiger partial charge in [0.1, 0.15) is 6.04 Å². The van der Waals surface area contributed by atoms with Crippen molar-refractivity contribution >= 4 is 54.5 Å². The Labute approximate surface area is 181 Å². The molecule has 1 atom stereocenters. The van der Waals surface area contributed by atoms with E-state index in [1.807, 2.05) is 0 Å². The molecule has 0 aliphatic rings. The third-order valence-electron chi connectivity index (χ3n) is 4.79. The standard InChI is InChI=1S/C19H20N4O6S2/c1-11-5-7-14(23(26)27)10-16(11)22(31(4,28)29)12(2)18(24)20-13-6-8-15-17(9-13)30-19(25)21(15)3/h5-10,12H,1-4H3,(H,20,24). The van der Waals surface area contributed by atoms with Gasteiger partial charge in [0, 0.05) is 24.9 Å². The van der Waals surface area contributed by atoms with E-state index in [4.69, 9.17) is 0 Å². The monoisotopic (exact) mass is 464 g/mol. The van der Waals surface area contributed by atoms with Crippen LogP contribution in [0.2, 0.25) is 0 Å². The van der Waals surface area contributed by atoms with Crippen LogP contribution in [-0.4, -0.2) is 36.1 Å². The van der Waals surface area contributed by atoms with E-state index in [0.29, 0.717) is 21.5 Å². The summed E-state index contributed by atoms with van der Waals surface area (Å²) in [4.78, 5) is 35.1. The minimum atomic E-state index is -3.95. The molecule has 1 amide bonds. The number of nitrogens with zero attached hydrogens (tertiary/aromatic N) is 3. The summed E-state index contributed by atoms with van der Waals surface area (Å²) in [6.07, 6.45) is 0.933. The Bertz CT molecular complexity index is 1360. The second-order valence-corrected chi connectivity index (χ2v) is 9.91. The molecule has 3 rings (SSSR count). The van der Waals surface area contributed by atoms with Gasteiger partial charge in [-0.25, -0.2) is 8.42 Å². The number of fused-ring (bicyclic) bond motifs is 1. The molecule has 0 aliphatic carbocycles. The zero-order valence-electron chi connectivity index (χ0n) is 17.1. The van der Waals surface area contributed by atoms with Gasteiger partial charge in [0.05, 0.1) is 27.1 Å². The lowest BCUT2D eigenvalue weighted by atomic mass is 10.1. The fraction of sp³-hybridized carbons (Fsp3) is 0.263. The average Bonchev–Trinajstić information content (AvgIpc) is 2.95. The summed E-state index contributed by atoms with van der Waals surface area (Å²) >= 11 is 1.03. The summed E-state index contributed by atoms with van der Waals surface area (Å²) in [6.45, 7) is 3.00. The molecule has 12 heteroatoms. The van der Waals surface area contributed by atoms with Crippen molar-refractivity contribution in [3.8, 4) is 0 Å². The summed E-state index contributed by atoms with van der Waals surface area (Å²) in [5.41, 5.74) is 1.34. The van der Waals surface area contributed by atoms with Gasteiger partial charge in [0.25, 0.3) is 5.69 Å².